The Balaban J connectivity index is 2.07. The number of ketones is 1. The van der Waals surface area contributed by atoms with Crippen LogP contribution in [0.1, 0.15) is 24.8 Å². The number of rotatable bonds is 4. The molecule has 0 heterocycles. The van der Waals surface area contributed by atoms with E-state index in [2.05, 4.69) is 15.9 Å². The van der Waals surface area contributed by atoms with Gasteiger partial charge in [0, 0.05) is 22.9 Å². The molecule has 1 aliphatic rings. The second-order valence-corrected chi connectivity index (χ2v) is 5.48. The van der Waals surface area contributed by atoms with Gasteiger partial charge in [-0.2, -0.15) is 0 Å². The zero-order valence-electron chi connectivity index (χ0n) is 9.21. The SMILES string of the molecule is NCC1(C(=O)Cc2cccc(Br)c2)CCC1. The summed E-state index contributed by atoms with van der Waals surface area (Å²) in [6, 6.07) is 7.92. The van der Waals surface area contributed by atoms with Crippen LogP contribution >= 0.6 is 15.9 Å². The van der Waals surface area contributed by atoms with Gasteiger partial charge in [-0.1, -0.05) is 34.5 Å². The van der Waals surface area contributed by atoms with Crippen LogP contribution in [0.5, 0.6) is 0 Å². The van der Waals surface area contributed by atoms with Crippen molar-refractivity contribution >= 4 is 21.7 Å². The van der Waals surface area contributed by atoms with Gasteiger partial charge in [0.2, 0.25) is 0 Å². The zero-order valence-corrected chi connectivity index (χ0v) is 10.8. The predicted molar refractivity (Wildman–Crippen MR) is 68.2 cm³/mol. The first-order valence-electron chi connectivity index (χ1n) is 5.64. The predicted octanol–water partition coefficient (Wildman–Crippen LogP) is 2.69. The molecule has 0 bridgehead atoms. The molecule has 2 nitrogen and oxygen atoms in total. The minimum atomic E-state index is -0.206. The van der Waals surface area contributed by atoms with Crippen molar-refractivity contribution in [3.05, 3.63) is 34.3 Å². The Kier molecular flexibility index (Phi) is 3.45. The second-order valence-electron chi connectivity index (χ2n) is 4.57. The lowest BCUT2D eigenvalue weighted by Gasteiger charge is -2.39. The van der Waals surface area contributed by atoms with Gasteiger partial charge in [0.1, 0.15) is 5.78 Å². The van der Waals surface area contributed by atoms with Gasteiger partial charge in [0.05, 0.1) is 0 Å². The molecular weight excluding hydrogens is 266 g/mol. The van der Waals surface area contributed by atoms with Gasteiger partial charge in [-0.05, 0) is 30.5 Å². The van der Waals surface area contributed by atoms with Gasteiger partial charge < -0.3 is 5.73 Å². The third-order valence-corrected chi connectivity index (χ3v) is 4.04. The average Bonchev–Trinajstić information content (AvgIpc) is 2.16. The van der Waals surface area contributed by atoms with E-state index in [9.17, 15) is 4.79 Å². The number of carbonyl (C=O) groups excluding carboxylic acids is 1. The number of hydrogen-bond acceptors (Lipinski definition) is 2. The van der Waals surface area contributed by atoms with E-state index in [4.69, 9.17) is 5.73 Å². The summed E-state index contributed by atoms with van der Waals surface area (Å²) in [5.41, 5.74) is 6.59. The van der Waals surface area contributed by atoms with Crippen LogP contribution in [0.3, 0.4) is 0 Å². The maximum atomic E-state index is 12.2. The highest BCUT2D eigenvalue weighted by atomic mass is 79.9. The van der Waals surface area contributed by atoms with Gasteiger partial charge in [-0.3, -0.25) is 4.79 Å². The summed E-state index contributed by atoms with van der Waals surface area (Å²) in [6.07, 6.45) is 3.59. The van der Waals surface area contributed by atoms with Crippen LogP contribution in [0.2, 0.25) is 0 Å². The van der Waals surface area contributed by atoms with Crippen molar-refractivity contribution in [2.75, 3.05) is 6.54 Å². The van der Waals surface area contributed by atoms with Crippen molar-refractivity contribution in [2.45, 2.75) is 25.7 Å². The van der Waals surface area contributed by atoms with Crippen molar-refractivity contribution in [1.29, 1.82) is 0 Å². The van der Waals surface area contributed by atoms with Crippen LogP contribution in [-0.2, 0) is 11.2 Å². The Labute approximate surface area is 104 Å². The lowest BCUT2D eigenvalue weighted by Crippen LogP contribution is -2.45. The van der Waals surface area contributed by atoms with Crippen molar-refractivity contribution in [2.24, 2.45) is 11.1 Å². The van der Waals surface area contributed by atoms with Gasteiger partial charge in [0.15, 0.2) is 0 Å². The fraction of sp³-hybridized carbons (Fsp3) is 0.462. The number of hydrogen-bond donors (Lipinski definition) is 1. The van der Waals surface area contributed by atoms with Gasteiger partial charge in [0.25, 0.3) is 0 Å². The Hall–Kier alpha value is -0.670. The highest BCUT2D eigenvalue weighted by Crippen LogP contribution is 2.41. The molecule has 0 saturated heterocycles. The Morgan fingerprint density at radius 3 is 2.69 bits per heavy atom. The smallest absolute Gasteiger partial charge is 0.144 e. The number of benzene rings is 1. The molecule has 1 aromatic carbocycles. The molecular formula is C13H16BrNO. The highest BCUT2D eigenvalue weighted by Gasteiger charge is 2.41. The molecule has 0 atom stereocenters. The lowest BCUT2D eigenvalue weighted by molar-refractivity contribution is -0.132. The summed E-state index contributed by atoms with van der Waals surface area (Å²) in [6.45, 7) is 0.500. The fourth-order valence-corrected chi connectivity index (χ4v) is 2.67. The molecule has 0 aliphatic heterocycles. The zero-order chi connectivity index (χ0) is 11.6. The number of nitrogens with two attached hydrogens (primary N) is 1. The molecule has 16 heavy (non-hydrogen) atoms. The first kappa shape index (κ1) is 11.8. The molecule has 1 fully saturated rings. The summed E-state index contributed by atoms with van der Waals surface area (Å²) in [7, 11) is 0. The number of carbonyl (C=O) groups is 1. The van der Waals surface area contributed by atoms with Crippen molar-refractivity contribution in [1.82, 2.24) is 0 Å². The van der Waals surface area contributed by atoms with E-state index in [0.29, 0.717) is 18.7 Å². The molecule has 0 unspecified atom stereocenters. The quantitative estimate of drug-likeness (QED) is 0.922. The minimum Gasteiger partial charge on any atom is -0.329 e. The number of halogens is 1. The average molecular weight is 282 g/mol. The molecule has 1 saturated carbocycles. The molecule has 2 N–H and O–H groups in total. The van der Waals surface area contributed by atoms with Gasteiger partial charge in [-0.15, -0.1) is 0 Å². The normalized spacial score (nSPS) is 17.9. The van der Waals surface area contributed by atoms with Crippen molar-refractivity contribution in [3.63, 3.8) is 0 Å². The fourth-order valence-electron chi connectivity index (χ4n) is 2.22. The lowest BCUT2D eigenvalue weighted by atomic mass is 9.65. The molecule has 2 rings (SSSR count). The maximum Gasteiger partial charge on any atom is 0.144 e. The molecule has 1 aromatic rings. The van der Waals surface area contributed by atoms with E-state index in [1.54, 1.807) is 0 Å². The van der Waals surface area contributed by atoms with Crippen LogP contribution in [0.15, 0.2) is 28.7 Å². The topological polar surface area (TPSA) is 43.1 Å². The molecule has 0 radical (unpaired) electrons. The van der Waals surface area contributed by atoms with Crippen LogP contribution in [-0.4, -0.2) is 12.3 Å². The summed E-state index contributed by atoms with van der Waals surface area (Å²) in [5.74, 6) is 0.305. The van der Waals surface area contributed by atoms with Crippen LogP contribution in [0.4, 0.5) is 0 Å². The monoisotopic (exact) mass is 281 g/mol. The maximum absolute atomic E-state index is 12.2. The van der Waals surface area contributed by atoms with E-state index in [1.807, 2.05) is 24.3 Å². The van der Waals surface area contributed by atoms with E-state index in [-0.39, 0.29) is 5.41 Å². The van der Waals surface area contributed by atoms with Crippen LogP contribution in [0, 0.1) is 5.41 Å². The standard InChI is InChI=1S/C13H16BrNO/c14-11-4-1-3-10(7-11)8-12(16)13(9-15)5-2-6-13/h1,3-4,7H,2,5-6,8-9,15H2. The first-order valence-corrected chi connectivity index (χ1v) is 6.43. The van der Waals surface area contributed by atoms with Crippen molar-refractivity contribution in [3.8, 4) is 0 Å². The molecule has 0 aromatic heterocycles. The number of Topliss-reactive ketones (excluding diaryl/α,β-unsaturated/α-hetero) is 1. The van der Waals surface area contributed by atoms with Crippen LogP contribution < -0.4 is 5.73 Å². The molecule has 86 valence electrons. The van der Waals surface area contributed by atoms with Crippen LogP contribution in [0.25, 0.3) is 0 Å². The molecule has 0 spiro atoms. The van der Waals surface area contributed by atoms with E-state index in [0.717, 1.165) is 29.3 Å². The van der Waals surface area contributed by atoms with Gasteiger partial charge >= 0.3 is 0 Å². The van der Waals surface area contributed by atoms with E-state index < -0.39 is 0 Å². The summed E-state index contributed by atoms with van der Waals surface area (Å²) in [5, 5.41) is 0. The highest BCUT2D eigenvalue weighted by molar-refractivity contribution is 9.10. The Morgan fingerprint density at radius 1 is 1.44 bits per heavy atom. The Morgan fingerprint density at radius 2 is 2.19 bits per heavy atom. The largest absolute Gasteiger partial charge is 0.329 e. The summed E-state index contributed by atoms with van der Waals surface area (Å²) < 4.78 is 1.02. The third kappa shape index (κ3) is 2.20. The van der Waals surface area contributed by atoms with E-state index in [1.165, 1.54) is 0 Å². The summed E-state index contributed by atoms with van der Waals surface area (Å²) in [4.78, 5) is 12.2. The van der Waals surface area contributed by atoms with Gasteiger partial charge in [-0.25, -0.2) is 0 Å². The molecule has 0 amide bonds. The first-order chi connectivity index (χ1) is 7.66. The third-order valence-electron chi connectivity index (χ3n) is 3.55. The molecule has 1 aliphatic carbocycles. The second kappa shape index (κ2) is 4.68. The van der Waals surface area contributed by atoms with E-state index >= 15 is 0 Å². The Bertz CT molecular complexity index is 393. The van der Waals surface area contributed by atoms with Crippen molar-refractivity contribution < 1.29 is 4.79 Å². The minimum absolute atomic E-state index is 0.206. The molecule has 3 heteroatoms. The summed E-state index contributed by atoms with van der Waals surface area (Å²) >= 11 is 3.41.